The first-order valence-electron chi connectivity index (χ1n) is 9.00. The molecule has 0 saturated carbocycles. The Morgan fingerprint density at radius 1 is 1.00 bits per heavy atom. The average Bonchev–Trinajstić information content (AvgIpc) is 2.64. The molecule has 2 aromatic rings. The lowest BCUT2D eigenvalue weighted by atomic mass is 10.1. The second-order valence-electron chi connectivity index (χ2n) is 6.88. The van der Waals surface area contributed by atoms with Crippen LogP contribution in [0, 0.1) is 20.8 Å². The van der Waals surface area contributed by atoms with Crippen molar-refractivity contribution in [2.24, 2.45) is 0 Å². The Labute approximate surface area is 155 Å². The molecule has 5 heteroatoms. The van der Waals surface area contributed by atoms with Gasteiger partial charge in [0.2, 0.25) is 0 Å². The molecule has 0 bridgehead atoms. The van der Waals surface area contributed by atoms with E-state index in [1.54, 1.807) is 7.11 Å². The number of piperazine rings is 1. The molecule has 1 N–H and O–H groups in total. The monoisotopic (exact) mass is 353 g/mol. The maximum absolute atomic E-state index is 12.7. The Morgan fingerprint density at radius 2 is 1.65 bits per heavy atom. The van der Waals surface area contributed by atoms with Crippen molar-refractivity contribution < 1.29 is 9.53 Å². The van der Waals surface area contributed by atoms with E-state index in [0.717, 1.165) is 41.3 Å². The van der Waals surface area contributed by atoms with Gasteiger partial charge in [-0.05, 0) is 44.0 Å². The van der Waals surface area contributed by atoms with Gasteiger partial charge in [0.1, 0.15) is 5.75 Å². The Bertz CT molecular complexity index is 773. The highest BCUT2D eigenvalue weighted by Gasteiger charge is 2.22. The topological polar surface area (TPSA) is 44.8 Å². The molecule has 1 fully saturated rings. The van der Waals surface area contributed by atoms with Gasteiger partial charge in [-0.2, -0.15) is 0 Å². The number of rotatable bonds is 3. The Kier molecular flexibility index (Phi) is 5.35. The van der Waals surface area contributed by atoms with E-state index in [-0.39, 0.29) is 6.03 Å². The van der Waals surface area contributed by atoms with Crippen molar-refractivity contribution in [2.75, 3.05) is 43.5 Å². The lowest BCUT2D eigenvalue weighted by Gasteiger charge is -2.36. The van der Waals surface area contributed by atoms with Gasteiger partial charge in [-0.3, -0.25) is 0 Å². The molecule has 2 aromatic carbocycles. The summed E-state index contributed by atoms with van der Waals surface area (Å²) in [5.74, 6) is 0.855. The van der Waals surface area contributed by atoms with Crippen LogP contribution in [0.4, 0.5) is 16.2 Å². The predicted molar refractivity (Wildman–Crippen MR) is 106 cm³/mol. The molecule has 5 nitrogen and oxygen atoms in total. The highest BCUT2D eigenvalue weighted by Crippen LogP contribution is 2.24. The van der Waals surface area contributed by atoms with Crippen LogP contribution in [0.1, 0.15) is 16.7 Å². The quantitative estimate of drug-likeness (QED) is 0.908. The van der Waals surface area contributed by atoms with Gasteiger partial charge in [0.25, 0.3) is 0 Å². The first-order chi connectivity index (χ1) is 12.5. The van der Waals surface area contributed by atoms with Gasteiger partial charge >= 0.3 is 6.03 Å². The van der Waals surface area contributed by atoms with Crippen LogP contribution in [0.5, 0.6) is 5.75 Å². The van der Waals surface area contributed by atoms with Crippen molar-refractivity contribution in [1.29, 1.82) is 0 Å². The number of nitrogens with zero attached hydrogens (tertiary/aromatic N) is 2. The minimum atomic E-state index is -0.0228. The Morgan fingerprint density at radius 3 is 2.27 bits per heavy atom. The van der Waals surface area contributed by atoms with Gasteiger partial charge in [0.05, 0.1) is 7.11 Å². The number of anilines is 2. The zero-order chi connectivity index (χ0) is 18.7. The Balaban J connectivity index is 1.62. The zero-order valence-electron chi connectivity index (χ0n) is 16.0. The summed E-state index contributed by atoms with van der Waals surface area (Å²) in [6.45, 7) is 9.18. The number of nitrogens with one attached hydrogen (secondary N) is 1. The Hall–Kier alpha value is -2.69. The summed E-state index contributed by atoms with van der Waals surface area (Å²) in [5.41, 5.74) is 5.48. The average molecular weight is 353 g/mol. The van der Waals surface area contributed by atoms with Crippen LogP contribution >= 0.6 is 0 Å². The second-order valence-corrected chi connectivity index (χ2v) is 6.88. The number of carbonyl (C=O) groups excluding carboxylic acids is 1. The number of hydrogen-bond donors (Lipinski definition) is 1. The third-order valence-electron chi connectivity index (χ3n) is 4.89. The van der Waals surface area contributed by atoms with Crippen LogP contribution in [-0.2, 0) is 0 Å². The van der Waals surface area contributed by atoms with Crippen molar-refractivity contribution >= 4 is 17.4 Å². The van der Waals surface area contributed by atoms with Gasteiger partial charge in [0.15, 0.2) is 0 Å². The number of hydrogen-bond acceptors (Lipinski definition) is 3. The zero-order valence-corrected chi connectivity index (χ0v) is 16.0. The van der Waals surface area contributed by atoms with Gasteiger partial charge in [0, 0.05) is 43.6 Å². The molecule has 0 atom stereocenters. The molecule has 2 amide bonds. The summed E-state index contributed by atoms with van der Waals surface area (Å²) >= 11 is 0. The van der Waals surface area contributed by atoms with E-state index in [0.29, 0.717) is 13.1 Å². The summed E-state index contributed by atoms with van der Waals surface area (Å²) in [6.07, 6.45) is 0. The minimum absolute atomic E-state index is 0.0228. The highest BCUT2D eigenvalue weighted by atomic mass is 16.5. The lowest BCUT2D eigenvalue weighted by Crippen LogP contribution is -2.50. The number of methoxy groups -OCH3 is 1. The largest absolute Gasteiger partial charge is 0.497 e. The first-order valence-corrected chi connectivity index (χ1v) is 9.00. The number of aryl methyl sites for hydroxylation is 3. The van der Waals surface area contributed by atoms with Crippen molar-refractivity contribution in [2.45, 2.75) is 20.8 Å². The molecule has 1 aliphatic heterocycles. The van der Waals surface area contributed by atoms with E-state index in [2.05, 4.69) is 35.3 Å². The van der Waals surface area contributed by atoms with E-state index in [4.69, 9.17) is 4.74 Å². The molecule has 1 saturated heterocycles. The molecule has 0 aromatic heterocycles. The molecule has 138 valence electrons. The van der Waals surface area contributed by atoms with E-state index in [9.17, 15) is 4.79 Å². The van der Waals surface area contributed by atoms with Gasteiger partial charge in [-0.1, -0.05) is 23.8 Å². The van der Waals surface area contributed by atoms with Crippen LogP contribution < -0.4 is 15.0 Å². The predicted octanol–water partition coefficient (Wildman–Crippen LogP) is 3.97. The summed E-state index contributed by atoms with van der Waals surface area (Å²) < 4.78 is 5.30. The molecule has 0 radical (unpaired) electrons. The van der Waals surface area contributed by atoms with Crippen molar-refractivity contribution in [3.63, 3.8) is 0 Å². The van der Waals surface area contributed by atoms with Crippen molar-refractivity contribution in [3.8, 4) is 5.75 Å². The number of carbonyl (C=O) groups is 1. The van der Waals surface area contributed by atoms with Crippen LogP contribution in [-0.4, -0.2) is 44.2 Å². The molecule has 26 heavy (non-hydrogen) atoms. The minimum Gasteiger partial charge on any atom is -0.497 e. The van der Waals surface area contributed by atoms with Crippen LogP contribution in [0.3, 0.4) is 0 Å². The van der Waals surface area contributed by atoms with Crippen LogP contribution in [0.2, 0.25) is 0 Å². The number of amides is 2. The van der Waals surface area contributed by atoms with Gasteiger partial charge in [-0.25, -0.2) is 4.79 Å². The van der Waals surface area contributed by atoms with E-state index < -0.39 is 0 Å². The summed E-state index contributed by atoms with van der Waals surface area (Å²) in [4.78, 5) is 16.8. The van der Waals surface area contributed by atoms with E-state index in [1.807, 2.05) is 36.9 Å². The highest BCUT2D eigenvalue weighted by molar-refractivity contribution is 5.91. The fourth-order valence-electron chi connectivity index (χ4n) is 3.54. The van der Waals surface area contributed by atoms with E-state index in [1.165, 1.54) is 5.56 Å². The SMILES string of the molecule is COc1cccc(N2CCN(C(=O)Nc3c(C)cc(C)cc3C)CC2)c1. The molecule has 0 spiro atoms. The maximum Gasteiger partial charge on any atom is 0.321 e. The fraction of sp³-hybridized carbons (Fsp3) is 0.381. The van der Waals surface area contributed by atoms with Crippen molar-refractivity contribution in [1.82, 2.24) is 4.90 Å². The summed E-state index contributed by atoms with van der Waals surface area (Å²) in [5, 5.41) is 3.10. The number of urea groups is 1. The number of benzene rings is 2. The molecule has 1 heterocycles. The lowest BCUT2D eigenvalue weighted by molar-refractivity contribution is 0.208. The first kappa shape index (κ1) is 18.1. The van der Waals surface area contributed by atoms with Crippen LogP contribution in [0.15, 0.2) is 36.4 Å². The second kappa shape index (κ2) is 7.68. The summed E-state index contributed by atoms with van der Waals surface area (Å²) in [6, 6.07) is 12.2. The molecule has 1 aliphatic rings. The normalized spacial score (nSPS) is 14.3. The molecule has 0 aliphatic carbocycles. The molecule has 0 unspecified atom stereocenters. The molecule has 3 rings (SSSR count). The summed E-state index contributed by atoms with van der Waals surface area (Å²) in [7, 11) is 1.68. The van der Waals surface area contributed by atoms with E-state index >= 15 is 0 Å². The number of ether oxygens (including phenoxy) is 1. The fourth-order valence-corrected chi connectivity index (χ4v) is 3.54. The van der Waals surface area contributed by atoms with Gasteiger partial charge < -0.3 is 19.9 Å². The van der Waals surface area contributed by atoms with Gasteiger partial charge in [-0.15, -0.1) is 0 Å². The third-order valence-corrected chi connectivity index (χ3v) is 4.89. The van der Waals surface area contributed by atoms with Crippen LogP contribution in [0.25, 0.3) is 0 Å². The standard InChI is InChI=1S/C21H27N3O2/c1-15-12-16(2)20(17(3)13-15)22-21(25)24-10-8-23(9-11-24)18-6-5-7-19(14-18)26-4/h5-7,12-14H,8-11H2,1-4H3,(H,22,25). The van der Waals surface area contributed by atoms with Crippen molar-refractivity contribution in [3.05, 3.63) is 53.1 Å². The third kappa shape index (κ3) is 3.93. The molecular weight excluding hydrogens is 326 g/mol. The maximum atomic E-state index is 12.7. The molecular formula is C21H27N3O2. The smallest absolute Gasteiger partial charge is 0.321 e.